The summed E-state index contributed by atoms with van der Waals surface area (Å²) in [6.07, 6.45) is 0.949. The molecule has 0 aliphatic carbocycles. The summed E-state index contributed by atoms with van der Waals surface area (Å²) in [4.78, 5) is 72.1. The van der Waals surface area contributed by atoms with Crippen molar-refractivity contribution in [3.05, 3.63) is 101 Å². The maximum atomic E-state index is 13.9. The molecule has 5 amide bonds. The molecule has 0 radical (unpaired) electrons. The molecule has 0 bridgehead atoms. The number of nitrogens with two attached hydrogens (primary N) is 1. The van der Waals surface area contributed by atoms with Crippen molar-refractivity contribution in [3.8, 4) is 0 Å². The van der Waals surface area contributed by atoms with E-state index in [0.29, 0.717) is 12.8 Å². The fraction of sp³-hybridized carbons (Fsp3) is 0.395. The molecule has 0 aromatic heterocycles. The Morgan fingerprint density at radius 2 is 0.981 bits per heavy atom. The average molecular weight is 782 g/mol. The monoisotopic (exact) mass is 780 g/mol. The number of hydrogen-bond acceptors (Lipinski definition) is 8. The highest BCUT2D eigenvalue weighted by Gasteiger charge is 2.27. The summed E-state index contributed by atoms with van der Waals surface area (Å²) in [7, 11) is 2.99. The molecular weight excluding hydrogens is 732 g/mol. The first kappa shape index (κ1) is 41.6. The van der Waals surface area contributed by atoms with E-state index in [1.54, 1.807) is 0 Å². The molecule has 0 fully saturated rings. The van der Waals surface area contributed by atoms with Crippen LogP contribution in [0.15, 0.2) is 89.4 Å². The molecule has 0 atom stereocenters. The number of ether oxygens (including phenoxy) is 2. The van der Waals surface area contributed by atoms with Gasteiger partial charge in [0.25, 0.3) is 0 Å². The van der Waals surface area contributed by atoms with Gasteiger partial charge in [0.15, 0.2) is 0 Å². The molecule has 0 heterocycles. The van der Waals surface area contributed by atoms with Crippen molar-refractivity contribution < 1.29 is 33.4 Å². The third-order valence-electron chi connectivity index (χ3n) is 8.18. The van der Waals surface area contributed by atoms with Gasteiger partial charge < -0.3 is 40.1 Å². The predicted molar refractivity (Wildman–Crippen MR) is 202 cm³/mol. The van der Waals surface area contributed by atoms with Crippen molar-refractivity contribution in [3.63, 3.8) is 0 Å². The van der Waals surface area contributed by atoms with Crippen LogP contribution in [0.2, 0.25) is 0 Å². The predicted octanol–water partition coefficient (Wildman–Crippen LogP) is 2.44. The Kier molecular flexibility index (Phi) is 18.3. The summed E-state index contributed by atoms with van der Waals surface area (Å²) < 4.78 is 11.4. The molecule has 3 aromatic rings. The quantitative estimate of drug-likeness (QED) is 0.149. The number of primary amides is 1. The summed E-state index contributed by atoms with van der Waals surface area (Å²) in [5, 5.41) is 3.09. The molecule has 13 nitrogen and oxygen atoms in total. The van der Waals surface area contributed by atoms with E-state index in [4.69, 9.17) is 15.2 Å². The minimum absolute atomic E-state index is 0.0550. The molecule has 3 N–H and O–H groups in total. The van der Waals surface area contributed by atoms with Crippen LogP contribution in [0.1, 0.15) is 11.1 Å². The van der Waals surface area contributed by atoms with Gasteiger partial charge in [0.05, 0.1) is 45.9 Å². The highest BCUT2D eigenvalue weighted by molar-refractivity contribution is 9.10. The Bertz CT molecular complexity index is 1560. The van der Waals surface area contributed by atoms with Gasteiger partial charge in [0.1, 0.15) is 0 Å². The van der Waals surface area contributed by atoms with Crippen LogP contribution in [0, 0.1) is 0 Å². The Balaban J connectivity index is 1.77. The van der Waals surface area contributed by atoms with E-state index in [1.165, 1.54) is 33.8 Å². The minimum Gasteiger partial charge on any atom is -0.383 e. The van der Waals surface area contributed by atoms with Gasteiger partial charge in [-0.05, 0) is 48.2 Å². The molecule has 14 heteroatoms. The van der Waals surface area contributed by atoms with E-state index in [0.717, 1.165) is 21.3 Å². The largest absolute Gasteiger partial charge is 0.383 e. The lowest BCUT2D eigenvalue weighted by molar-refractivity contribution is -0.146. The van der Waals surface area contributed by atoms with Gasteiger partial charge in [-0.15, -0.1) is 0 Å². The van der Waals surface area contributed by atoms with Crippen LogP contribution in [0.4, 0.5) is 5.69 Å². The molecule has 0 saturated heterocycles. The molecule has 0 aliphatic rings. The molecule has 3 rings (SSSR count). The smallest absolute Gasteiger partial charge is 0.242 e. The number of benzene rings is 3. The van der Waals surface area contributed by atoms with Gasteiger partial charge in [-0.1, -0.05) is 76.6 Å². The van der Waals surface area contributed by atoms with Crippen molar-refractivity contribution in [1.82, 2.24) is 19.6 Å². The number of nitrogens with one attached hydrogen (secondary N) is 1. The van der Waals surface area contributed by atoms with Gasteiger partial charge in [0, 0.05) is 50.6 Å². The molecule has 3 aromatic carbocycles. The van der Waals surface area contributed by atoms with Gasteiger partial charge in [-0.3, -0.25) is 24.0 Å². The average Bonchev–Trinajstić information content (AvgIpc) is 3.15. The molecule has 0 spiro atoms. The number of rotatable bonds is 23. The Morgan fingerprint density at radius 1 is 0.577 bits per heavy atom. The summed E-state index contributed by atoms with van der Waals surface area (Å²) >= 11 is 3.40. The van der Waals surface area contributed by atoms with Crippen LogP contribution in [0.25, 0.3) is 0 Å². The summed E-state index contributed by atoms with van der Waals surface area (Å²) in [5.41, 5.74) is 8.16. The van der Waals surface area contributed by atoms with Crippen LogP contribution in [0.5, 0.6) is 0 Å². The number of hydrogen-bond donors (Lipinski definition) is 2. The van der Waals surface area contributed by atoms with Gasteiger partial charge >= 0.3 is 0 Å². The second-order valence-corrected chi connectivity index (χ2v) is 13.0. The number of halogens is 1. The van der Waals surface area contributed by atoms with Crippen LogP contribution in [0.3, 0.4) is 0 Å². The van der Waals surface area contributed by atoms with Gasteiger partial charge in [-0.25, -0.2) is 0 Å². The first-order chi connectivity index (χ1) is 25.1. The van der Waals surface area contributed by atoms with E-state index in [1.807, 2.05) is 84.9 Å². The first-order valence-electron chi connectivity index (χ1n) is 17.0. The molecule has 52 heavy (non-hydrogen) atoms. The zero-order chi connectivity index (χ0) is 37.7. The van der Waals surface area contributed by atoms with Crippen molar-refractivity contribution in [2.45, 2.75) is 12.8 Å². The molecule has 0 saturated carbocycles. The lowest BCUT2D eigenvalue weighted by atomic mass is 10.1. The van der Waals surface area contributed by atoms with E-state index in [-0.39, 0.29) is 78.0 Å². The van der Waals surface area contributed by atoms with E-state index in [9.17, 15) is 24.0 Å². The maximum absolute atomic E-state index is 13.9. The van der Waals surface area contributed by atoms with Gasteiger partial charge in [-0.2, -0.15) is 0 Å². The summed E-state index contributed by atoms with van der Waals surface area (Å²) in [6, 6.07) is 26.4. The SMILES string of the molecule is COCCN(CC(=O)N(CCc1ccccc1)CC(=O)N(CCOC)CC(=O)N(CCc1ccccc1)CC(N)=O)C(=O)CNc1ccc(Br)cc1. The van der Waals surface area contributed by atoms with Crippen LogP contribution in [-0.4, -0.2) is 135 Å². The summed E-state index contributed by atoms with van der Waals surface area (Å²) in [5.74, 6) is -2.38. The third-order valence-corrected chi connectivity index (χ3v) is 8.71. The number of carbonyl (C=O) groups is 5. The van der Waals surface area contributed by atoms with Crippen molar-refractivity contribution in [2.24, 2.45) is 5.73 Å². The third kappa shape index (κ3) is 15.2. The fourth-order valence-electron chi connectivity index (χ4n) is 5.22. The molecule has 0 unspecified atom stereocenters. The lowest BCUT2D eigenvalue weighted by Gasteiger charge is -2.31. The minimum atomic E-state index is -0.673. The van der Waals surface area contributed by atoms with Crippen molar-refractivity contribution in [1.29, 1.82) is 0 Å². The van der Waals surface area contributed by atoms with Crippen LogP contribution in [-0.2, 0) is 46.3 Å². The number of methoxy groups -OCH3 is 2. The van der Waals surface area contributed by atoms with Crippen LogP contribution < -0.4 is 11.1 Å². The van der Waals surface area contributed by atoms with E-state index in [2.05, 4.69) is 21.2 Å². The molecule has 280 valence electrons. The van der Waals surface area contributed by atoms with Crippen molar-refractivity contribution in [2.75, 3.05) is 91.7 Å². The number of nitrogens with zero attached hydrogens (tertiary/aromatic N) is 4. The zero-order valence-corrected chi connectivity index (χ0v) is 31.5. The van der Waals surface area contributed by atoms with E-state index < -0.39 is 23.6 Å². The Labute approximate surface area is 314 Å². The molecular formula is C38H49BrN6O7. The number of carbonyl (C=O) groups excluding carboxylic acids is 5. The van der Waals surface area contributed by atoms with E-state index >= 15 is 0 Å². The first-order valence-corrected chi connectivity index (χ1v) is 17.8. The standard InChI is InChI=1S/C38H49BrN6O7/c1-51-23-21-44(35(47)25-41-33-15-13-32(39)14-16-33)28-37(49)43(20-18-31-11-7-4-8-12-31)27-38(50)45(22-24-52-2)29-36(48)42(26-34(40)46)19-17-30-9-5-3-6-10-30/h3-16,41H,17-29H2,1-2H3,(H2,40,46). The lowest BCUT2D eigenvalue weighted by Crippen LogP contribution is -2.52. The summed E-state index contributed by atoms with van der Waals surface area (Å²) in [6.45, 7) is -0.326. The Hall–Kier alpha value is -4.79. The Morgan fingerprint density at radius 3 is 1.40 bits per heavy atom. The van der Waals surface area contributed by atoms with Crippen LogP contribution >= 0.6 is 15.9 Å². The second kappa shape index (κ2) is 22.9. The highest BCUT2D eigenvalue weighted by atomic mass is 79.9. The zero-order valence-electron chi connectivity index (χ0n) is 29.9. The fourth-order valence-corrected chi connectivity index (χ4v) is 5.49. The molecule has 0 aliphatic heterocycles. The topological polar surface area (TPSA) is 155 Å². The number of anilines is 1. The van der Waals surface area contributed by atoms with Gasteiger partial charge in [0.2, 0.25) is 29.5 Å². The normalized spacial score (nSPS) is 10.7. The maximum Gasteiger partial charge on any atom is 0.242 e. The second-order valence-electron chi connectivity index (χ2n) is 12.0. The van der Waals surface area contributed by atoms with Crippen molar-refractivity contribution >= 4 is 51.2 Å². The highest BCUT2D eigenvalue weighted by Crippen LogP contribution is 2.14. The number of amides is 5.